The van der Waals surface area contributed by atoms with Crippen molar-refractivity contribution in [2.24, 2.45) is 0 Å². The van der Waals surface area contributed by atoms with E-state index in [4.69, 9.17) is 0 Å². The summed E-state index contributed by atoms with van der Waals surface area (Å²) < 4.78 is 2.65. The molecule has 510 valence electrons. The topological polar surface area (TPSA) is 11.4 Å². The average Bonchev–Trinajstić information content (AvgIpc) is 0.692. The first-order chi connectivity index (χ1) is 47.9. The van der Waals surface area contributed by atoms with Crippen molar-refractivity contribution >= 4 is 79.0 Å². The summed E-state index contributed by atoms with van der Waals surface area (Å²) >= 11 is 0. The van der Waals surface area contributed by atoms with Crippen LogP contribution in [0.5, 0.6) is 0 Å². The third-order valence-corrected chi connectivity index (χ3v) is 27.1. The normalized spacial score (nSPS) is 18.7. The third kappa shape index (κ3) is 8.44. The SMILES string of the molecule is CC(C)(C)c1ccc2c(c1)c1cc(C(C)(C)C)ccc1n2-c1cc2c3c(c1)N(c1ccc4c(c1)C(C)(C)c1ccccc1C4(C)C)c1cc4c(cc1B3c1cc3c(cc1N2c1ccc2c(c1)C(C)(C)c1ccccc1C2(C)C)C(C)(C)c1ccccc1C3(C)C)C(C)(C)c1ccccc1C4(C)C. The van der Waals surface area contributed by atoms with Gasteiger partial charge in [0.25, 0.3) is 6.71 Å². The number of hydrogen-bond donors (Lipinski definition) is 0. The zero-order valence-corrected chi connectivity index (χ0v) is 64.5. The Kier molecular flexibility index (Phi) is 13.0. The molecule has 0 saturated heterocycles. The Morgan fingerprint density at radius 3 is 0.804 bits per heavy atom. The van der Waals surface area contributed by atoms with Crippen molar-refractivity contribution in [2.75, 3.05) is 9.80 Å². The van der Waals surface area contributed by atoms with E-state index in [1.54, 1.807) is 0 Å². The lowest BCUT2D eigenvalue weighted by molar-refractivity contribution is 0.520. The lowest BCUT2D eigenvalue weighted by Gasteiger charge is -2.50. The molecule has 4 heteroatoms. The Labute approximate surface area is 608 Å². The fourth-order valence-corrected chi connectivity index (χ4v) is 21.0. The van der Waals surface area contributed by atoms with Crippen LogP contribution >= 0.6 is 0 Å². The van der Waals surface area contributed by atoms with Gasteiger partial charge in [-0.1, -0.05) is 286 Å². The van der Waals surface area contributed by atoms with Crippen molar-refractivity contribution in [3.05, 3.63) is 306 Å². The number of rotatable bonds is 3. The molecule has 3 heterocycles. The second-order valence-corrected chi connectivity index (χ2v) is 37.9. The highest BCUT2D eigenvalue weighted by Crippen LogP contribution is 2.59. The van der Waals surface area contributed by atoms with E-state index in [9.17, 15) is 0 Å². The van der Waals surface area contributed by atoms with Gasteiger partial charge in [-0.3, -0.25) is 0 Å². The van der Waals surface area contributed by atoms with Crippen molar-refractivity contribution in [1.82, 2.24) is 4.57 Å². The Hall–Kier alpha value is -9.12. The highest BCUT2D eigenvalue weighted by molar-refractivity contribution is 7.00. The number of anilines is 6. The molecule has 1 aromatic heterocycles. The predicted octanol–water partition coefficient (Wildman–Crippen LogP) is 23.3. The van der Waals surface area contributed by atoms with E-state index in [2.05, 4.69) is 373 Å². The average molecular weight is 1330 g/mol. The maximum atomic E-state index is 2.77. The molecule has 0 fully saturated rings. The summed E-state index contributed by atoms with van der Waals surface area (Å²) in [5, 5.41) is 2.57. The summed E-state index contributed by atoms with van der Waals surface area (Å²) in [4.78, 5) is 5.54. The van der Waals surface area contributed by atoms with Gasteiger partial charge < -0.3 is 14.4 Å². The van der Waals surface area contributed by atoms with E-state index < -0.39 is 0 Å². The molecular formula is C98H100BN3. The van der Waals surface area contributed by atoms with Crippen LogP contribution < -0.4 is 26.2 Å². The summed E-state index contributed by atoms with van der Waals surface area (Å²) in [6.07, 6.45) is 0. The monoisotopic (exact) mass is 1330 g/mol. The Morgan fingerprint density at radius 1 is 0.245 bits per heavy atom. The number of fused-ring (bicyclic) bond motifs is 15. The number of benzene rings is 11. The molecule has 0 spiro atoms. The van der Waals surface area contributed by atoms with Gasteiger partial charge in [-0.25, -0.2) is 0 Å². The van der Waals surface area contributed by atoms with Crippen molar-refractivity contribution in [3.63, 3.8) is 0 Å². The molecule has 12 aromatic rings. The molecule has 0 atom stereocenters. The zero-order valence-electron chi connectivity index (χ0n) is 64.5. The fourth-order valence-electron chi connectivity index (χ4n) is 21.0. The summed E-state index contributed by atoms with van der Waals surface area (Å²) in [6.45, 7) is 53.6. The van der Waals surface area contributed by atoms with Gasteiger partial charge >= 0.3 is 0 Å². The molecule has 0 radical (unpaired) electrons. The van der Waals surface area contributed by atoms with Crippen LogP contribution in [0.2, 0.25) is 0 Å². The summed E-state index contributed by atoms with van der Waals surface area (Å²) in [5.74, 6) is 0. The smallest absolute Gasteiger partial charge is 0.252 e. The zero-order chi connectivity index (χ0) is 71.8. The summed E-state index contributed by atoms with van der Waals surface area (Å²) in [5.41, 5.74) is 37.4. The van der Waals surface area contributed by atoms with Crippen LogP contribution in [0.4, 0.5) is 34.1 Å². The van der Waals surface area contributed by atoms with Gasteiger partial charge in [0.15, 0.2) is 0 Å². The molecule has 0 unspecified atom stereocenters. The van der Waals surface area contributed by atoms with Gasteiger partial charge in [-0.05, 0) is 200 Å². The Morgan fingerprint density at radius 2 is 0.510 bits per heavy atom. The standard InChI is InChI=1S/C98H100BN3/c1-89(2,3)57-39-45-82-62(47-57)63-48-58(90(4,5)6)40-46-83(63)102(82)61-51-86-88-87(52-61)101(60-42-44-73-75(50-60)94(13,14)67-34-26-24-32-65(67)92(73,9)10)85-56-79-77(96(17,18)69-36-28-30-38-71(69)98(79,21)22)54-81(85)99(88)80-53-76-78(97(19,20)70-37-29-27-35-68(70)95(76,15)16)55-84(80)100(86)59-41-43-72-74(49-59)93(11,12)66-33-25-23-31-64(66)91(72,7)8/h23-56H,1-22H3. The molecule has 0 N–H and O–H groups in total. The molecule has 6 aliphatic rings. The van der Waals surface area contributed by atoms with Crippen LogP contribution in [0.1, 0.15) is 252 Å². The minimum absolute atomic E-state index is 0.0609. The molecule has 0 amide bonds. The van der Waals surface area contributed by atoms with Crippen LogP contribution in [-0.4, -0.2) is 11.3 Å². The van der Waals surface area contributed by atoms with E-state index in [0.29, 0.717) is 0 Å². The Balaban J connectivity index is 1.03. The number of nitrogens with zero attached hydrogens (tertiary/aromatic N) is 3. The van der Waals surface area contributed by atoms with Crippen LogP contribution in [0, 0.1) is 0 Å². The molecule has 3 nitrogen and oxygen atoms in total. The summed E-state index contributed by atoms with van der Waals surface area (Å²) in [6, 6.07) is 83.4. The summed E-state index contributed by atoms with van der Waals surface area (Å²) in [7, 11) is 0. The van der Waals surface area contributed by atoms with E-state index in [0.717, 1.165) is 5.69 Å². The molecule has 0 bridgehead atoms. The number of hydrogen-bond acceptors (Lipinski definition) is 2. The van der Waals surface area contributed by atoms with Crippen molar-refractivity contribution in [2.45, 2.75) is 206 Å². The van der Waals surface area contributed by atoms with Crippen LogP contribution in [0.25, 0.3) is 27.5 Å². The van der Waals surface area contributed by atoms with Crippen molar-refractivity contribution < 1.29 is 0 Å². The fraction of sp³-hybridized carbons (Fsp3) is 0.327. The minimum Gasteiger partial charge on any atom is -0.311 e. The van der Waals surface area contributed by atoms with Gasteiger partial charge in [0.2, 0.25) is 0 Å². The second-order valence-electron chi connectivity index (χ2n) is 37.9. The lowest BCUT2D eigenvalue weighted by Crippen LogP contribution is -2.62. The lowest BCUT2D eigenvalue weighted by atomic mass is 9.32. The van der Waals surface area contributed by atoms with E-state index >= 15 is 0 Å². The van der Waals surface area contributed by atoms with E-state index in [-0.39, 0.29) is 60.9 Å². The van der Waals surface area contributed by atoms with Gasteiger partial charge in [-0.15, -0.1) is 0 Å². The Bertz CT molecular complexity index is 5350. The molecule has 4 aliphatic carbocycles. The number of aromatic nitrogens is 1. The van der Waals surface area contributed by atoms with E-state index in [1.165, 1.54) is 172 Å². The first-order valence-electron chi connectivity index (χ1n) is 37.9. The first-order valence-corrected chi connectivity index (χ1v) is 37.9. The van der Waals surface area contributed by atoms with Crippen LogP contribution in [0.3, 0.4) is 0 Å². The van der Waals surface area contributed by atoms with Gasteiger partial charge in [0.05, 0.1) is 16.7 Å². The predicted molar refractivity (Wildman–Crippen MR) is 435 cm³/mol. The van der Waals surface area contributed by atoms with Crippen molar-refractivity contribution in [3.8, 4) is 5.69 Å². The second kappa shape index (κ2) is 20.4. The molecule has 11 aromatic carbocycles. The van der Waals surface area contributed by atoms with Gasteiger partial charge in [0, 0.05) is 88.2 Å². The molecular weight excluding hydrogens is 1230 g/mol. The first kappa shape index (κ1) is 64.9. The molecule has 0 saturated carbocycles. The highest BCUT2D eigenvalue weighted by atomic mass is 15.2. The quantitative estimate of drug-likeness (QED) is 0.163. The van der Waals surface area contributed by atoms with Gasteiger partial charge in [0.1, 0.15) is 0 Å². The minimum atomic E-state index is -0.319. The molecule has 102 heavy (non-hydrogen) atoms. The molecule has 18 rings (SSSR count). The third-order valence-electron chi connectivity index (χ3n) is 27.1. The highest BCUT2D eigenvalue weighted by Gasteiger charge is 2.52. The molecule has 2 aliphatic heterocycles. The van der Waals surface area contributed by atoms with Gasteiger partial charge in [-0.2, -0.15) is 0 Å². The maximum absolute atomic E-state index is 2.77. The van der Waals surface area contributed by atoms with Crippen LogP contribution in [0.15, 0.2) is 206 Å². The maximum Gasteiger partial charge on any atom is 0.252 e. The van der Waals surface area contributed by atoms with E-state index in [1.807, 2.05) is 0 Å². The largest absolute Gasteiger partial charge is 0.311 e. The van der Waals surface area contributed by atoms with Crippen LogP contribution in [-0.2, 0) is 54.1 Å². The van der Waals surface area contributed by atoms with Crippen molar-refractivity contribution in [1.29, 1.82) is 0 Å².